The number of aliphatic carboxylic acids is 1. The molecule has 0 saturated carbocycles. The lowest BCUT2D eigenvalue weighted by Crippen LogP contribution is -2.43. The van der Waals surface area contributed by atoms with Crippen LogP contribution in [0.25, 0.3) is 0 Å². The maximum Gasteiger partial charge on any atom is 0.332 e. The van der Waals surface area contributed by atoms with Crippen molar-refractivity contribution in [3.05, 3.63) is 30.1 Å². The Morgan fingerprint density at radius 3 is 2.62 bits per heavy atom. The van der Waals surface area contributed by atoms with Gasteiger partial charge in [-0.2, -0.15) is 0 Å². The third-order valence-corrected chi connectivity index (χ3v) is 3.54. The van der Waals surface area contributed by atoms with E-state index in [1.54, 1.807) is 11.1 Å². The average Bonchev–Trinajstić information content (AvgIpc) is 2.95. The first-order chi connectivity index (χ1) is 9.99. The largest absolute Gasteiger partial charge is 0.479 e. The minimum absolute atomic E-state index is 0.00742. The van der Waals surface area contributed by atoms with Crippen molar-refractivity contribution >= 4 is 11.9 Å². The second kappa shape index (κ2) is 6.67. The van der Waals surface area contributed by atoms with Crippen LogP contribution >= 0.6 is 0 Å². The molecule has 0 spiro atoms. The van der Waals surface area contributed by atoms with Crippen LogP contribution in [0.3, 0.4) is 0 Å². The molecule has 0 aliphatic carbocycles. The van der Waals surface area contributed by atoms with Crippen LogP contribution in [0.15, 0.2) is 24.4 Å². The van der Waals surface area contributed by atoms with Gasteiger partial charge in [-0.05, 0) is 38.8 Å². The Balaban J connectivity index is 2.05. The molecular weight excluding hydrogens is 272 g/mol. The van der Waals surface area contributed by atoms with E-state index in [0.717, 1.165) is 5.69 Å². The minimum atomic E-state index is -1.01. The molecule has 1 aromatic heterocycles. The van der Waals surface area contributed by atoms with E-state index in [1.807, 2.05) is 32.0 Å². The molecule has 1 aliphatic rings. The second-order valence-electron chi connectivity index (χ2n) is 5.41. The fraction of sp³-hybridized carbons (Fsp3) is 0.533. The molecule has 2 unspecified atom stereocenters. The predicted octanol–water partition coefficient (Wildman–Crippen LogP) is 1.45. The summed E-state index contributed by atoms with van der Waals surface area (Å²) in [5, 5.41) is 8.94. The maximum absolute atomic E-state index is 12.5. The van der Waals surface area contributed by atoms with E-state index in [4.69, 9.17) is 9.84 Å². The first kappa shape index (κ1) is 15.4. The van der Waals surface area contributed by atoms with E-state index in [1.165, 1.54) is 0 Å². The highest BCUT2D eigenvalue weighted by molar-refractivity contribution is 5.83. The number of hydrogen-bond acceptors (Lipinski definition) is 4. The Kier molecular flexibility index (Phi) is 4.90. The molecule has 21 heavy (non-hydrogen) atoms. The highest BCUT2D eigenvalue weighted by Gasteiger charge is 2.37. The minimum Gasteiger partial charge on any atom is -0.479 e. The van der Waals surface area contributed by atoms with Gasteiger partial charge >= 0.3 is 5.97 Å². The van der Waals surface area contributed by atoms with E-state index in [-0.39, 0.29) is 11.9 Å². The van der Waals surface area contributed by atoms with E-state index in [2.05, 4.69) is 4.98 Å². The smallest absolute Gasteiger partial charge is 0.332 e. The van der Waals surface area contributed by atoms with Gasteiger partial charge in [0, 0.05) is 12.2 Å². The average molecular weight is 292 g/mol. The van der Waals surface area contributed by atoms with Gasteiger partial charge in [0.05, 0.1) is 12.2 Å². The number of amides is 1. The number of ether oxygens (including phenoxy) is 1. The van der Waals surface area contributed by atoms with E-state index in [9.17, 15) is 9.59 Å². The molecule has 6 heteroatoms. The lowest BCUT2D eigenvalue weighted by atomic mass is 10.1. The number of nitrogens with zero attached hydrogens (tertiary/aromatic N) is 2. The molecular formula is C15H20N2O4. The number of carbonyl (C=O) groups is 2. The lowest BCUT2D eigenvalue weighted by molar-refractivity contribution is -0.155. The van der Waals surface area contributed by atoms with Crippen LogP contribution in [0.4, 0.5) is 0 Å². The molecule has 0 aromatic carbocycles. The Bertz CT molecular complexity index is 504. The molecule has 1 saturated heterocycles. The third kappa shape index (κ3) is 3.78. The van der Waals surface area contributed by atoms with Gasteiger partial charge in [-0.1, -0.05) is 6.07 Å². The summed E-state index contributed by atoms with van der Waals surface area (Å²) in [6.07, 6.45) is 0.966. The summed E-state index contributed by atoms with van der Waals surface area (Å²) >= 11 is 0. The molecule has 0 bridgehead atoms. The number of carboxylic acids is 1. The SMILES string of the molecule is CC(C)N(Cc1ccccn1)C(=O)C1CCC(C(=O)O)O1. The van der Waals surface area contributed by atoms with Crippen LogP contribution in [0.1, 0.15) is 32.4 Å². The van der Waals surface area contributed by atoms with Crippen molar-refractivity contribution in [1.29, 1.82) is 0 Å². The van der Waals surface area contributed by atoms with Crippen LogP contribution in [-0.4, -0.2) is 45.1 Å². The number of carboxylic acid groups (broad SMARTS) is 1. The predicted molar refractivity (Wildman–Crippen MR) is 75.5 cm³/mol. The van der Waals surface area contributed by atoms with Gasteiger partial charge in [-0.3, -0.25) is 9.78 Å². The van der Waals surface area contributed by atoms with Crippen LogP contribution in [0, 0.1) is 0 Å². The number of rotatable bonds is 5. The fourth-order valence-corrected chi connectivity index (χ4v) is 2.37. The van der Waals surface area contributed by atoms with Crippen molar-refractivity contribution in [1.82, 2.24) is 9.88 Å². The molecule has 1 aliphatic heterocycles. The third-order valence-electron chi connectivity index (χ3n) is 3.54. The molecule has 2 heterocycles. The van der Waals surface area contributed by atoms with Crippen LogP contribution in [-0.2, 0) is 20.9 Å². The molecule has 114 valence electrons. The maximum atomic E-state index is 12.5. The van der Waals surface area contributed by atoms with Gasteiger partial charge in [0.25, 0.3) is 5.91 Å². The number of carbonyl (C=O) groups excluding carboxylic acids is 1. The first-order valence-corrected chi connectivity index (χ1v) is 7.07. The van der Waals surface area contributed by atoms with Gasteiger partial charge in [0.2, 0.25) is 0 Å². The normalized spacial score (nSPS) is 21.5. The Morgan fingerprint density at radius 1 is 1.38 bits per heavy atom. The summed E-state index contributed by atoms with van der Waals surface area (Å²) in [6.45, 7) is 4.24. The van der Waals surface area contributed by atoms with Gasteiger partial charge in [0.1, 0.15) is 6.10 Å². The van der Waals surface area contributed by atoms with Crippen molar-refractivity contribution in [3.8, 4) is 0 Å². The zero-order chi connectivity index (χ0) is 15.4. The molecule has 1 aromatic rings. The molecule has 1 amide bonds. The summed E-state index contributed by atoms with van der Waals surface area (Å²) in [6, 6.07) is 5.55. The highest BCUT2D eigenvalue weighted by atomic mass is 16.5. The summed E-state index contributed by atoms with van der Waals surface area (Å²) < 4.78 is 5.34. The highest BCUT2D eigenvalue weighted by Crippen LogP contribution is 2.23. The zero-order valence-electron chi connectivity index (χ0n) is 12.2. The van der Waals surface area contributed by atoms with Gasteiger partial charge in [0.15, 0.2) is 6.10 Å². The zero-order valence-corrected chi connectivity index (χ0v) is 12.2. The number of pyridine rings is 1. The van der Waals surface area contributed by atoms with Gasteiger partial charge < -0.3 is 14.7 Å². The van der Waals surface area contributed by atoms with Crippen molar-refractivity contribution in [3.63, 3.8) is 0 Å². The Hall–Kier alpha value is -1.95. The van der Waals surface area contributed by atoms with Crippen LogP contribution in [0.5, 0.6) is 0 Å². The molecule has 0 radical (unpaired) electrons. The molecule has 2 atom stereocenters. The Morgan fingerprint density at radius 2 is 2.10 bits per heavy atom. The van der Waals surface area contributed by atoms with Gasteiger partial charge in [-0.25, -0.2) is 4.79 Å². The summed E-state index contributed by atoms with van der Waals surface area (Å²) in [5.41, 5.74) is 0.798. The topological polar surface area (TPSA) is 79.7 Å². The summed E-state index contributed by atoms with van der Waals surface area (Å²) in [5.74, 6) is -1.18. The second-order valence-corrected chi connectivity index (χ2v) is 5.41. The standard InChI is InChI=1S/C15H20N2O4/c1-10(2)17(9-11-5-3-4-8-16-11)14(18)12-6-7-13(21-12)15(19)20/h3-5,8,10,12-13H,6-7,9H2,1-2H3,(H,19,20). The van der Waals surface area contributed by atoms with Crippen LogP contribution < -0.4 is 0 Å². The lowest BCUT2D eigenvalue weighted by Gasteiger charge is -2.28. The van der Waals surface area contributed by atoms with E-state index >= 15 is 0 Å². The first-order valence-electron chi connectivity index (χ1n) is 7.07. The van der Waals surface area contributed by atoms with Crippen molar-refractivity contribution in [2.75, 3.05) is 0 Å². The Labute approximate surface area is 123 Å². The fourth-order valence-electron chi connectivity index (χ4n) is 2.37. The summed E-state index contributed by atoms with van der Waals surface area (Å²) in [7, 11) is 0. The molecule has 2 rings (SSSR count). The van der Waals surface area contributed by atoms with Crippen LogP contribution in [0.2, 0.25) is 0 Å². The molecule has 1 fully saturated rings. The van der Waals surface area contributed by atoms with E-state index < -0.39 is 18.2 Å². The van der Waals surface area contributed by atoms with Crippen molar-refractivity contribution < 1.29 is 19.4 Å². The summed E-state index contributed by atoms with van der Waals surface area (Å²) in [4.78, 5) is 29.3. The number of aromatic nitrogens is 1. The van der Waals surface area contributed by atoms with Gasteiger partial charge in [-0.15, -0.1) is 0 Å². The molecule has 1 N–H and O–H groups in total. The number of hydrogen-bond donors (Lipinski definition) is 1. The van der Waals surface area contributed by atoms with Crippen molar-refractivity contribution in [2.45, 2.75) is 51.5 Å². The van der Waals surface area contributed by atoms with Crippen molar-refractivity contribution in [2.24, 2.45) is 0 Å². The quantitative estimate of drug-likeness (QED) is 0.888. The molecule has 6 nitrogen and oxygen atoms in total. The monoisotopic (exact) mass is 292 g/mol. The van der Waals surface area contributed by atoms with E-state index in [0.29, 0.717) is 19.4 Å².